The summed E-state index contributed by atoms with van der Waals surface area (Å²) < 4.78 is 63.9. The highest BCUT2D eigenvalue weighted by Gasteiger charge is 2.34. The molecule has 31 heavy (non-hydrogen) atoms. The highest BCUT2D eigenvalue weighted by molar-refractivity contribution is 7.91. The van der Waals surface area contributed by atoms with Crippen molar-refractivity contribution in [3.8, 4) is 0 Å². The molecule has 0 unspecified atom stereocenters. The molecule has 0 aliphatic heterocycles. The third-order valence-corrected chi connectivity index (χ3v) is 6.18. The zero-order valence-electron chi connectivity index (χ0n) is 15.6. The van der Waals surface area contributed by atoms with E-state index in [0.29, 0.717) is 11.8 Å². The molecule has 1 aromatic heterocycles. The number of aromatic nitrogens is 1. The van der Waals surface area contributed by atoms with Crippen LogP contribution in [-0.2, 0) is 20.8 Å². The molecule has 3 aromatic rings. The number of pyridine rings is 1. The Balaban J connectivity index is 1.75. The minimum absolute atomic E-state index is 0.160. The van der Waals surface area contributed by atoms with Crippen molar-refractivity contribution in [1.29, 1.82) is 0 Å². The van der Waals surface area contributed by atoms with Gasteiger partial charge in [0.15, 0.2) is 0 Å². The molecule has 10 heteroatoms. The second-order valence-corrected chi connectivity index (χ2v) is 8.63. The molecule has 0 aliphatic rings. The molecule has 5 nitrogen and oxygen atoms in total. The number of alkyl halides is 3. The summed E-state index contributed by atoms with van der Waals surface area (Å²) in [4.78, 5) is 15.4. The molecule has 0 saturated heterocycles. The van der Waals surface area contributed by atoms with Gasteiger partial charge >= 0.3 is 6.18 Å². The van der Waals surface area contributed by atoms with Crippen molar-refractivity contribution in [3.05, 3.63) is 89.2 Å². The average Bonchev–Trinajstić information content (AvgIpc) is 2.72. The van der Waals surface area contributed by atoms with Crippen molar-refractivity contribution in [3.63, 3.8) is 0 Å². The number of amides is 1. The normalized spacial score (nSPS) is 12.1. The number of carbonyl (C=O) groups excluding carboxylic acids is 1. The lowest BCUT2D eigenvalue weighted by molar-refractivity contribution is -0.137. The first-order valence-electron chi connectivity index (χ1n) is 8.68. The largest absolute Gasteiger partial charge is 0.417 e. The van der Waals surface area contributed by atoms with Crippen LogP contribution >= 0.6 is 11.6 Å². The number of halogens is 4. The summed E-state index contributed by atoms with van der Waals surface area (Å²) in [5, 5.41) is 1.87. The van der Waals surface area contributed by atoms with E-state index in [1.807, 2.05) is 0 Å². The zero-order valence-corrected chi connectivity index (χ0v) is 17.2. The fourth-order valence-electron chi connectivity index (χ4n) is 2.58. The highest BCUT2D eigenvalue weighted by Crippen LogP contribution is 2.36. The predicted molar refractivity (Wildman–Crippen MR) is 110 cm³/mol. The molecule has 2 aromatic carbocycles. The second-order valence-electron chi connectivity index (χ2n) is 6.28. The van der Waals surface area contributed by atoms with E-state index < -0.39 is 32.5 Å². The Morgan fingerprint density at radius 2 is 1.71 bits per heavy atom. The standard InChI is InChI=1S/C21H14ClF3N2O3S/c22-19-12-17(8-9-18(19)21(23,24)25)31(29,30)16-6-4-15(5-7-16)27-20(28)10-3-14-2-1-11-26-13-14/h1-13H,(H,27,28)/b10-3+. The lowest BCUT2D eigenvalue weighted by atomic mass is 10.2. The molecule has 1 N–H and O–H groups in total. The maximum absolute atomic E-state index is 12.8. The molecule has 0 fully saturated rings. The van der Waals surface area contributed by atoms with Gasteiger partial charge in [-0.3, -0.25) is 9.78 Å². The van der Waals surface area contributed by atoms with Crippen LogP contribution in [0.2, 0.25) is 5.02 Å². The predicted octanol–water partition coefficient (Wildman–Crippen LogP) is 5.24. The number of carbonyl (C=O) groups is 1. The Morgan fingerprint density at radius 1 is 1.03 bits per heavy atom. The molecule has 0 saturated carbocycles. The number of hydrogen-bond donors (Lipinski definition) is 1. The van der Waals surface area contributed by atoms with Crippen molar-refractivity contribution in [2.24, 2.45) is 0 Å². The zero-order chi connectivity index (χ0) is 22.6. The van der Waals surface area contributed by atoms with Crippen LogP contribution in [0.3, 0.4) is 0 Å². The number of nitrogens with one attached hydrogen (secondary N) is 1. The Morgan fingerprint density at radius 3 is 2.29 bits per heavy atom. The molecule has 0 aliphatic carbocycles. The van der Waals surface area contributed by atoms with Crippen molar-refractivity contribution in [2.45, 2.75) is 16.0 Å². The SMILES string of the molecule is O=C(/C=C/c1cccnc1)Nc1ccc(S(=O)(=O)c2ccc(C(F)(F)F)c(Cl)c2)cc1. The van der Waals surface area contributed by atoms with E-state index in [2.05, 4.69) is 10.3 Å². The van der Waals surface area contributed by atoms with E-state index in [1.54, 1.807) is 30.6 Å². The Hall–Kier alpha value is -3.17. The molecule has 0 bridgehead atoms. The van der Waals surface area contributed by atoms with Crippen LogP contribution in [0.4, 0.5) is 18.9 Å². The summed E-state index contributed by atoms with van der Waals surface area (Å²) in [5.41, 5.74) is -0.0509. The van der Waals surface area contributed by atoms with E-state index >= 15 is 0 Å². The lowest BCUT2D eigenvalue weighted by Gasteiger charge is -2.11. The fraction of sp³-hybridized carbons (Fsp3) is 0.0476. The first-order valence-corrected chi connectivity index (χ1v) is 10.5. The molecule has 0 radical (unpaired) electrons. The number of anilines is 1. The van der Waals surface area contributed by atoms with Crippen molar-refractivity contribution >= 4 is 39.1 Å². The fourth-order valence-corrected chi connectivity index (χ4v) is 4.22. The van der Waals surface area contributed by atoms with Crippen LogP contribution in [0.15, 0.2) is 82.9 Å². The monoisotopic (exact) mass is 466 g/mol. The number of sulfone groups is 1. The van der Waals surface area contributed by atoms with Crippen LogP contribution in [0.5, 0.6) is 0 Å². The third kappa shape index (κ3) is 5.50. The van der Waals surface area contributed by atoms with Crippen molar-refractivity contribution < 1.29 is 26.4 Å². The Kier molecular flexibility index (Phi) is 6.47. The van der Waals surface area contributed by atoms with Crippen LogP contribution in [-0.4, -0.2) is 19.3 Å². The highest BCUT2D eigenvalue weighted by atomic mass is 35.5. The molecule has 3 rings (SSSR count). The summed E-state index contributed by atoms with van der Waals surface area (Å²) in [6.07, 6.45) is 1.36. The Bertz CT molecular complexity index is 1230. The number of nitrogens with zero attached hydrogens (tertiary/aromatic N) is 1. The van der Waals surface area contributed by atoms with Crippen LogP contribution in [0.1, 0.15) is 11.1 Å². The average molecular weight is 467 g/mol. The molecule has 0 spiro atoms. The van der Waals surface area contributed by atoms with Gasteiger partial charge in [0.2, 0.25) is 15.7 Å². The summed E-state index contributed by atoms with van der Waals surface area (Å²) in [6, 6.07) is 10.9. The van der Waals surface area contributed by atoms with Gasteiger partial charge in [-0.25, -0.2) is 8.42 Å². The quantitative estimate of drug-likeness (QED) is 0.522. The van der Waals surface area contributed by atoms with Gasteiger partial charge in [0.1, 0.15) is 0 Å². The molecule has 1 heterocycles. The lowest BCUT2D eigenvalue weighted by Crippen LogP contribution is -2.09. The third-order valence-electron chi connectivity index (χ3n) is 4.10. The minimum Gasteiger partial charge on any atom is -0.323 e. The Labute approximate surface area is 181 Å². The summed E-state index contributed by atoms with van der Waals surface area (Å²) in [5.74, 6) is -0.436. The summed E-state index contributed by atoms with van der Waals surface area (Å²) >= 11 is 5.62. The van der Waals surface area contributed by atoms with Gasteiger partial charge in [-0.2, -0.15) is 13.2 Å². The van der Waals surface area contributed by atoms with E-state index in [4.69, 9.17) is 11.6 Å². The van der Waals surface area contributed by atoms with Gasteiger partial charge in [-0.1, -0.05) is 17.7 Å². The van der Waals surface area contributed by atoms with E-state index in [9.17, 15) is 26.4 Å². The first kappa shape index (κ1) is 22.5. The van der Waals surface area contributed by atoms with Gasteiger partial charge < -0.3 is 5.32 Å². The summed E-state index contributed by atoms with van der Waals surface area (Å²) in [6.45, 7) is 0. The maximum Gasteiger partial charge on any atom is 0.417 e. The number of hydrogen-bond acceptors (Lipinski definition) is 4. The number of rotatable bonds is 5. The molecule has 1 amide bonds. The van der Waals surface area contributed by atoms with Gasteiger partial charge in [0, 0.05) is 24.2 Å². The van der Waals surface area contributed by atoms with Gasteiger partial charge in [-0.05, 0) is 60.2 Å². The molecular formula is C21H14ClF3N2O3S. The summed E-state index contributed by atoms with van der Waals surface area (Å²) in [7, 11) is -4.10. The van der Waals surface area contributed by atoms with Crippen molar-refractivity contribution in [1.82, 2.24) is 4.98 Å². The van der Waals surface area contributed by atoms with E-state index in [0.717, 1.165) is 17.7 Å². The first-order chi connectivity index (χ1) is 14.6. The van der Waals surface area contributed by atoms with Crippen LogP contribution < -0.4 is 5.32 Å². The second kappa shape index (κ2) is 8.91. The smallest absolute Gasteiger partial charge is 0.323 e. The maximum atomic E-state index is 12.8. The van der Waals surface area contributed by atoms with Gasteiger partial charge in [0.25, 0.3) is 0 Å². The van der Waals surface area contributed by atoms with Gasteiger partial charge in [-0.15, -0.1) is 0 Å². The van der Waals surface area contributed by atoms with Crippen molar-refractivity contribution in [2.75, 3.05) is 5.32 Å². The van der Waals surface area contributed by atoms with Crippen LogP contribution in [0, 0.1) is 0 Å². The van der Waals surface area contributed by atoms with Crippen LogP contribution in [0.25, 0.3) is 6.08 Å². The van der Waals surface area contributed by atoms with E-state index in [-0.39, 0.29) is 9.79 Å². The van der Waals surface area contributed by atoms with E-state index in [1.165, 1.54) is 30.3 Å². The molecular weight excluding hydrogens is 453 g/mol. The number of benzene rings is 2. The van der Waals surface area contributed by atoms with Gasteiger partial charge in [0.05, 0.1) is 20.4 Å². The minimum atomic E-state index is -4.69. The molecule has 0 atom stereocenters. The molecule has 160 valence electrons. The topological polar surface area (TPSA) is 76.1 Å².